The summed E-state index contributed by atoms with van der Waals surface area (Å²) in [6.45, 7) is 0.417. The monoisotopic (exact) mass is 559 g/mol. The number of carbonyl (C=O) groups is 2. The number of rotatable bonds is 6. The van der Waals surface area contributed by atoms with Crippen LogP contribution in [0.15, 0.2) is 60.8 Å². The van der Waals surface area contributed by atoms with E-state index in [0.717, 1.165) is 6.20 Å². The van der Waals surface area contributed by atoms with Gasteiger partial charge < -0.3 is 15.3 Å². The third-order valence-corrected chi connectivity index (χ3v) is 7.82. The van der Waals surface area contributed by atoms with Gasteiger partial charge >= 0.3 is 0 Å². The molecular weight excluding hydrogens is 535 g/mol. The Morgan fingerprint density at radius 2 is 1.76 bits per heavy atom. The van der Waals surface area contributed by atoms with Crippen molar-refractivity contribution >= 4 is 40.7 Å². The van der Waals surface area contributed by atoms with Crippen molar-refractivity contribution in [1.29, 1.82) is 0 Å². The normalized spacial score (nSPS) is 23.0. The van der Waals surface area contributed by atoms with E-state index in [1.807, 2.05) is 12.1 Å². The Labute approximate surface area is 228 Å². The molecule has 2 N–H and O–H groups in total. The summed E-state index contributed by atoms with van der Waals surface area (Å²) in [7, 11) is 0. The number of carbonyl (C=O) groups excluding carboxylic acids is 2. The number of fused-ring (bicyclic) bond motifs is 1. The minimum Gasteiger partial charge on any atom is -0.372 e. The molecule has 1 aliphatic carbocycles. The lowest BCUT2D eigenvalue weighted by atomic mass is 9.85. The van der Waals surface area contributed by atoms with E-state index in [1.165, 1.54) is 6.07 Å². The minimum absolute atomic E-state index is 0.109. The Kier molecular flexibility index (Phi) is 7.40. The molecule has 2 aliphatic rings. The zero-order chi connectivity index (χ0) is 27.0. The van der Waals surface area contributed by atoms with Gasteiger partial charge in [0.2, 0.25) is 0 Å². The Morgan fingerprint density at radius 3 is 2.45 bits per heavy atom. The molecule has 1 saturated carbocycles. The van der Waals surface area contributed by atoms with Crippen molar-refractivity contribution in [3.8, 4) is 0 Å². The number of pyridine rings is 1. The van der Waals surface area contributed by atoms with E-state index in [-0.39, 0.29) is 22.5 Å². The number of aromatic nitrogens is 1. The standard InChI is InChI=1S/C28H25Cl2F2N3O3/c29-18-9-7-17(8-10-18)28(38)22-3-1-2-4-23(22)35(27(28)37)15-16-5-11-20(12-6-16)34-26(36)21-13-19(30)14-33-24(21)25(31)32/h1-4,7-10,13-14,16,20,25,38H,5-6,11-12,15H2,(H,34,36)/t16-,20-,28?. The van der Waals surface area contributed by atoms with Crippen LogP contribution in [-0.2, 0) is 10.4 Å². The maximum atomic E-state index is 13.6. The van der Waals surface area contributed by atoms with Crippen LogP contribution >= 0.6 is 23.2 Å². The number of benzene rings is 2. The van der Waals surface area contributed by atoms with Gasteiger partial charge in [0.05, 0.1) is 16.3 Å². The van der Waals surface area contributed by atoms with Gasteiger partial charge in [-0.3, -0.25) is 14.6 Å². The first kappa shape index (κ1) is 26.5. The fraction of sp³-hybridized carbons (Fsp3) is 0.321. The number of alkyl halides is 2. The van der Waals surface area contributed by atoms with Crippen molar-refractivity contribution in [2.75, 3.05) is 11.4 Å². The summed E-state index contributed by atoms with van der Waals surface area (Å²) in [5, 5.41) is 15.1. The Morgan fingerprint density at radius 1 is 1.08 bits per heavy atom. The molecule has 1 atom stereocenters. The van der Waals surface area contributed by atoms with Crippen molar-refractivity contribution in [2.24, 2.45) is 5.92 Å². The molecule has 2 aromatic carbocycles. The maximum absolute atomic E-state index is 13.6. The van der Waals surface area contributed by atoms with Gasteiger partial charge in [-0.2, -0.15) is 0 Å². The van der Waals surface area contributed by atoms with Crippen LogP contribution in [0.4, 0.5) is 14.5 Å². The number of nitrogens with one attached hydrogen (secondary N) is 1. The summed E-state index contributed by atoms with van der Waals surface area (Å²) in [6.07, 6.45) is 0.879. The molecular formula is C28H25Cl2F2N3O3. The Hall–Kier alpha value is -3.07. The number of para-hydroxylation sites is 1. The first-order valence-corrected chi connectivity index (χ1v) is 13.1. The van der Waals surface area contributed by atoms with E-state index in [2.05, 4.69) is 10.3 Å². The van der Waals surface area contributed by atoms with Gasteiger partial charge in [0, 0.05) is 29.4 Å². The smallest absolute Gasteiger partial charge is 0.281 e. The highest BCUT2D eigenvalue weighted by atomic mass is 35.5. The highest BCUT2D eigenvalue weighted by molar-refractivity contribution is 6.31. The molecule has 10 heteroatoms. The van der Waals surface area contributed by atoms with E-state index in [1.54, 1.807) is 41.3 Å². The van der Waals surface area contributed by atoms with Crippen LogP contribution in [0, 0.1) is 5.92 Å². The molecule has 1 aliphatic heterocycles. The van der Waals surface area contributed by atoms with Crippen LogP contribution in [0.1, 0.15) is 59.3 Å². The quantitative estimate of drug-likeness (QED) is 0.394. The molecule has 2 amide bonds. The van der Waals surface area contributed by atoms with Gasteiger partial charge in [0.1, 0.15) is 5.69 Å². The number of halogens is 4. The fourth-order valence-electron chi connectivity index (χ4n) is 5.40. The zero-order valence-electron chi connectivity index (χ0n) is 20.2. The van der Waals surface area contributed by atoms with Gasteiger partial charge in [0.15, 0.2) is 5.60 Å². The summed E-state index contributed by atoms with van der Waals surface area (Å²) in [4.78, 5) is 31.6. The molecule has 0 saturated heterocycles. The van der Waals surface area contributed by atoms with Gasteiger partial charge in [-0.1, -0.05) is 53.5 Å². The third-order valence-electron chi connectivity index (χ3n) is 7.36. The van der Waals surface area contributed by atoms with Crippen LogP contribution < -0.4 is 10.2 Å². The molecule has 0 spiro atoms. The topological polar surface area (TPSA) is 82.5 Å². The van der Waals surface area contributed by atoms with E-state index in [4.69, 9.17) is 23.2 Å². The molecule has 6 nitrogen and oxygen atoms in total. The summed E-state index contributed by atoms with van der Waals surface area (Å²) in [5.41, 5.74) is -0.987. The molecule has 198 valence electrons. The first-order chi connectivity index (χ1) is 18.2. The van der Waals surface area contributed by atoms with Crippen LogP contribution in [0.2, 0.25) is 10.0 Å². The molecule has 2 heterocycles. The zero-order valence-corrected chi connectivity index (χ0v) is 21.7. The second-order valence-electron chi connectivity index (χ2n) is 9.73. The van der Waals surface area contributed by atoms with Crippen molar-refractivity contribution in [1.82, 2.24) is 10.3 Å². The van der Waals surface area contributed by atoms with Crippen molar-refractivity contribution in [3.63, 3.8) is 0 Å². The highest BCUT2D eigenvalue weighted by Crippen LogP contribution is 2.45. The molecule has 0 radical (unpaired) electrons. The molecule has 3 aromatic rings. The maximum Gasteiger partial charge on any atom is 0.281 e. The Bertz CT molecular complexity index is 1360. The number of amides is 2. The summed E-state index contributed by atoms with van der Waals surface area (Å²) in [6, 6.07) is 14.8. The molecule has 1 unspecified atom stereocenters. The van der Waals surface area contributed by atoms with Crippen molar-refractivity contribution in [2.45, 2.75) is 43.8 Å². The molecule has 5 rings (SSSR count). The SMILES string of the molecule is O=C(N[C@H]1CC[C@H](CN2C(=O)C(O)(c3ccc(Cl)cc3)c3ccccc32)CC1)c1cc(Cl)cnc1C(F)F. The fourth-order valence-corrected chi connectivity index (χ4v) is 5.69. The lowest BCUT2D eigenvalue weighted by Gasteiger charge is -2.32. The first-order valence-electron chi connectivity index (χ1n) is 12.3. The Balaban J connectivity index is 1.26. The van der Waals surface area contributed by atoms with Crippen LogP contribution in [-0.4, -0.2) is 34.5 Å². The van der Waals surface area contributed by atoms with E-state index < -0.39 is 29.5 Å². The largest absolute Gasteiger partial charge is 0.372 e. The predicted molar refractivity (Wildman–Crippen MR) is 141 cm³/mol. The summed E-state index contributed by atoms with van der Waals surface area (Å²) in [5.74, 6) is -0.906. The molecule has 38 heavy (non-hydrogen) atoms. The number of aliphatic hydroxyl groups is 1. The predicted octanol–water partition coefficient (Wildman–Crippen LogP) is 5.90. The second kappa shape index (κ2) is 10.6. The van der Waals surface area contributed by atoms with Gasteiger partial charge in [-0.05, 0) is 61.4 Å². The third kappa shape index (κ3) is 4.88. The van der Waals surface area contributed by atoms with E-state index in [9.17, 15) is 23.5 Å². The number of hydrogen-bond donors (Lipinski definition) is 2. The minimum atomic E-state index is -2.89. The molecule has 0 bridgehead atoms. The van der Waals surface area contributed by atoms with E-state index >= 15 is 0 Å². The number of anilines is 1. The average Bonchev–Trinajstić information content (AvgIpc) is 3.12. The van der Waals surface area contributed by atoms with Gasteiger partial charge in [0.25, 0.3) is 18.2 Å². The van der Waals surface area contributed by atoms with Gasteiger partial charge in [-0.25, -0.2) is 8.78 Å². The van der Waals surface area contributed by atoms with Crippen LogP contribution in [0.3, 0.4) is 0 Å². The number of nitrogens with zero attached hydrogens (tertiary/aromatic N) is 2. The van der Waals surface area contributed by atoms with E-state index in [0.29, 0.717) is 54.1 Å². The highest BCUT2D eigenvalue weighted by Gasteiger charge is 2.51. The second-order valence-corrected chi connectivity index (χ2v) is 10.6. The van der Waals surface area contributed by atoms with Crippen LogP contribution in [0.25, 0.3) is 0 Å². The van der Waals surface area contributed by atoms with Crippen LogP contribution in [0.5, 0.6) is 0 Å². The lowest BCUT2D eigenvalue weighted by Crippen LogP contribution is -2.44. The average molecular weight is 560 g/mol. The molecule has 1 fully saturated rings. The molecule has 1 aromatic heterocycles. The number of hydrogen-bond acceptors (Lipinski definition) is 4. The summed E-state index contributed by atoms with van der Waals surface area (Å²) < 4.78 is 26.6. The van der Waals surface area contributed by atoms with Gasteiger partial charge in [-0.15, -0.1) is 0 Å². The summed E-state index contributed by atoms with van der Waals surface area (Å²) >= 11 is 11.9. The lowest BCUT2D eigenvalue weighted by molar-refractivity contribution is -0.132. The van der Waals surface area contributed by atoms with Crippen molar-refractivity contribution < 1.29 is 23.5 Å². The van der Waals surface area contributed by atoms with Crippen molar-refractivity contribution in [3.05, 3.63) is 93.2 Å².